The molecule has 0 aliphatic heterocycles. The summed E-state index contributed by atoms with van der Waals surface area (Å²) in [7, 11) is 1.00. The van der Waals surface area contributed by atoms with Crippen LogP contribution in [0.5, 0.6) is 28.7 Å². The maximum Gasteiger partial charge on any atom is 1.00 e. The third-order valence-electron chi connectivity index (χ3n) is 20.2. The molecule has 750 valence electrons. The fourth-order valence-electron chi connectivity index (χ4n) is 13.6. The van der Waals surface area contributed by atoms with Gasteiger partial charge in [0, 0.05) is 62.0 Å². The number of benzene rings is 10. The summed E-state index contributed by atoms with van der Waals surface area (Å²) in [6.45, 7) is 21.2. The number of aliphatic hydroxyl groups excluding tert-OH is 1. The van der Waals surface area contributed by atoms with Gasteiger partial charge in [0.2, 0.25) is 0 Å². The molecule has 0 amide bonds. The molecule has 20 heteroatoms. The summed E-state index contributed by atoms with van der Waals surface area (Å²) >= 11 is 9.53. The fraction of sp³-hybridized carbons (Fsp3) is 0.422. The molecule has 0 bridgehead atoms. The van der Waals surface area contributed by atoms with E-state index in [0.29, 0.717) is 45.5 Å². The Morgan fingerprint density at radius 1 is 0.316 bits per heavy atom. The zero-order valence-electron chi connectivity index (χ0n) is 77.7. The molecule has 5 atom stereocenters. The first-order valence-electron chi connectivity index (χ1n) is 44.9. The number of esters is 3. The second-order valence-corrected chi connectivity index (χ2v) is 30.4. The van der Waals surface area contributed by atoms with E-state index in [4.69, 9.17) is 71.3 Å². The van der Waals surface area contributed by atoms with E-state index in [0.717, 1.165) is 182 Å². The Hall–Kier alpha value is -10.5. The normalized spacial score (nSPS) is 10.7. The smallest absolute Gasteiger partial charge is 1.00 e. The summed E-state index contributed by atoms with van der Waals surface area (Å²) in [5.41, 5.74) is 11.9. The number of aldehydes is 1. The predicted molar refractivity (Wildman–Crippen MR) is 564 cm³/mol. The van der Waals surface area contributed by atoms with Gasteiger partial charge in [0.15, 0.2) is 0 Å². The van der Waals surface area contributed by atoms with Crippen molar-refractivity contribution in [2.75, 3.05) is 65.3 Å². The van der Waals surface area contributed by atoms with Crippen molar-refractivity contribution in [3.63, 3.8) is 0 Å². The molecule has 16 nitrogen and oxygen atoms in total. The molecule has 0 fully saturated rings. The minimum Gasteiger partial charge on any atom is -1.00 e. The Kier molecular flexibility index (Phi) is 91.4. The molecule has 0 aliphatic carbocycles. The summed E-state index contributed by atoms with van der Waals surface area (Å²) in [5.74, 6) is 3.95. The van der Waals surface area contributed by atoms with E-state index >= 15 is 0 Å². The van der Waals surface area contributed by atoms with Crippen LogP contribution in [-0.4, -0.2) is 111 Å². The Labute approximate surface area is 842 Å². The molecule has 0 spiro atoms. The number of unbranched alkanes of at least 4 members (excludes halogenated alkanes) is 5. The van der Waals surface area contributed by atoms with Gasteiger partial charge in [0.05, 0.1) is 64.6 Å². The molecule has 136 heavy (non-hydrogen) atoms. The Morgan fingerprint density at radius 3 is 0.801 bits per heavy atom. The molecule has 0 aliphatic rings. The monoisotopic (exact) mass is 1910 g/mol. The van der Waals surface area contributed by atoms with Crippen LogP contribution in [0.25, 0.3) is 0 Å². The molecule has 0 heterocycles. The number of carbonyl (C=O) groups is 5. The average Bonchev–Trinajstić information content (AvgIpc) is 0.855. The number of aliphatic carboxylic acids is 1. The number of aliphatic hydroxyl groups is 1. The average molecular weight is 1910 g/mol. The largest absolute Gasteiger partial charge is 1.00 e. The first kappa shape index (κ1) is 139. The van der Waals surface area contributed by atoms with Crippen molar-refractivity contribution in [3.8, 4) is 28.7 Å². The number of hydrogen-bond acceptors (Lipinski definition) is 15. The van der Waals surface area contributed by atoms with Gasteiger partial charge >= 0.3 is 42.7 Å². The fourth-order valence-corrected chi connectivity index (χ4v) is 13.6. The zero-order valence-corrected chi connectivity index (χ0v) is 79.2. The molecular weight excluding hydrogens is 1750 g/mol. The van der Waals surface area contributed by atoms with Gasteiger partial charge in [0.1, 0.15) is 35.0 Å². The number of alkyl halides is 2. The first-order valence-corrected chi connectivity index (χ1v) is 46.0. The predicted octanol–water partition coefficient (Wildman–Crippen LogP) is 25.3. The summed E-state index contributed by atoms with van der Waals surface area (Å²) in [5, 5.41) is 16.1. The summed E-state index contributed by atoms with van der Waals surface area (Å²) in [6, 6.07) is 92.3. The van der Waals surface area contributed by atoms with Crippen molar-refractivity contribution < 1.29 is 101 Å². The van der Waals surface area contributed by atoms with Gasteiger partial charge in [-0.3, -0.25) is 14.4 Å². The van der Waals surface area contributed by atoms with Crippen molar-refractivity contribution >= 4 is 53.4 Å². The number of allylic oxidation sites excluding steroid dienone is 1. The standard InChI is InChI=1S/C23H30O3.C23H28O3.2C21H26O3.C19H22O2.CH2Cl2.CH4O.7CH4.FH.Li.H2O/c2*1-3-5-18-26-21-16-14-20(15-17-21)22(19-10-7-6-8-11-19)12-9-13-23(24)25-4-2;1-3-5-15-24-19-13-11-18(12-14-19)20(16-21(22)23-4-2)17-9-7-6-8-10-17;1-2-3-16-24-19-14-12-18(13-15-19)20(10-7-11-21(22)23)17-8-5-4-6-9-17;1-2-3-15-21-18-11-9-17(10-12-18)19(13-14-20)16-7-5-4-6-8-16;2-1-3;1-2;;;;;;;;;;/h6-8,10-11,14-17,22H,3-5,9,12-13,18H2,1-2H3;6-11,13-17,22H,3-5,12,18H2,1-2H3;6-14,20H,3-5,15-16H2,1-2H3;4-6,8-9,12-15,20H,2-3,7,10-11,16H2,1H3,(H,22,23);4-12,14,19H,2-3,13,15H2,1H3;1H2;2H,1H3;7*1H4;1H;;1H2/q;;;;;;;;;;;;;;;+1;/p-2/b;13-9+;;;;;;;;;;;;;;;. The summed E-state index contributed by atoms with van der Waals surface area (Å²) in [4.78, 5) is 57.0. The Balaban J connectivity index is -0.000000297. The van der Waals surface area contributed by atoms with Gasteiger partial charge in [-0.2, -0.15) is 0 Å². The molecular formula is C116H167Cl2FLiO16-. The van der Waals surface area contributed by atoms with Crippen LogP contribution in [0, 0.1) is 0 Å². The van der Waals surface area contributed by atoms with Crippen LogP contribution in [0.3, 0.4) is 0 Å². The second-order valence-electron chi connectivity index (χ2n) is 29.6. The van der Waals surface area contributed by atoms with E-state index in [1.54, 1.807) is 0 Å². The van der Waals surface area contributed by atoms with E-state index in [-0.39, 0.29) is 140 Å². The van der Waals surface area contributed by atoms with Gasteiger partial charge in [-0.1, -0.05) is 337 Å². The quantitative estimate of drug-likeness (QED) is 0.00687. The van der Waals surface area contributed by atoms with Gasteiger partial charge in [-0.15, -0.1) is 23.2 Å². The minimum atomic E-state index is -0.735. The third kappa shape index (κ3) is 58.2. The Bertz CT molecular complexity index is 4430. The molecule has 0 radical (unpaired) electrons. The molecule has 10 aromatic carbocycles. The number of halogens is 3. The van der Waals surface area contributed by atoms with Crippen molar-refractivity contribution in [1.29, 1.82) is 0 Å². The van der Waals surface area contributed by atoms with Crippen LogP contribution in [0.1, 0.15) is 315 Å². The Morgan fingerprint density at radius 2 is 0.544 bits per heavy atom. The molecule has 0 saturated carbocycles. The van der Waals surface area contributed by atoms with Crippen LogP contribution >= 0.6 is 23.2 Å². The number of ether oxygens (including phenoxy) is 8. The topological polar surface area (TPSA) is 230 Å². The van der Waals surface area contributed by atoms with Gasteiger partial charge in [-0.25, -0.2) is 4.79 Å². The molecule has 0 saturated heterocycles. The SMILES string of the molecule is C.C.C.C.C.C.C.CCCCOc1ccc(C(C/C=C/C(=O)OCC)c2ccccc2)cc1.CCCCOc1ccc(C(CC(=O)OCC)c2ccccc2)cc1.CCCCOc1ccc(C(CC=O)c2ccccc2)cc1.CCCCOc1ccc(C(CCCC(=O)O)c2ccccc2)cc1.CCCCOc1ccc(C(CCCC(=O)OCC)c2ccccc2)cc1.CO.ClCCl.[F-].[Li+].[OH-]. The van der Waals surface area contributed by atoms with E-state index in [9.17, 15) is 24.0 Å². The van der Waals surface area contributed by atoms with E-state index in [1.165, 1.54) is 45.0 Å². The van der Waals surface area contributed by atoms with Crippen molar-refractivity contribution in [1.82, 2.24) is 0 Å². The van der Waals surface area contributed by atoms with Gasteiger partial charge in [-0.05, 0) is 201 Å². The van der Waals surface area contributed by atoms with Crippen molar-refractivity contribution in [2.45, 2.75) is 259 Å². The maximum absolute atomic E-state index is 12.0. The number of carboxylic acid groups (broad SMARTS) is 1. The van der Waals surface area contributed by atoms with E-state index < -0.39 is 5.97 Å². The third-order valence-corrected chi connectivity index (χ3v) is 20.2. The van der Waals surface area contributed by atoms with Gasteiger partial charge in [0.25, 0.3) is 0 Å². The number of rotatable bonds is 48. The van der Waals surface area contributed by atoms with E-state index in [2.05, 4.69) is 156 Å². The molecule has 10 rings (SSSR count). The minimum absolute atomic E-state index is 0. The molecule has 10 aromatic rings. The van der Waals surface area contributed by atoms with E-state index in [1.807, 2.05) is 179 Å². The number of hydrogen-bond donors (Lipinski definition) is 2. The molecule has 3 N–H and O–H groups in total. The first-order chi connectivity index (χ1) is 61.7. The molecule has 0 aromatic heterocycles. The summed E-state index contributed by atoms with van der Waals surface area (Å²) in [6.07, 6.45) is 20.8. The van der Waals surface area contributed by atoms with Crippen molar-refractivity contribution in [2.24, 2.45) is 0 Å². The zero-order chi connectivity index (χ0) is 91.3. The molecule has 5 unspecified atom stereocenters. The second kappa shape index (κ2) is 89.7. The van der Waals surface area contributed by atoms with Crippen LogP contribution in [0.15, 0.2) is 285 Å². The van der Waals surface area contributed by atoms with Crippen LogP contribution < -0.4 is 47.2 Å². The number of carboxylic acids is 1. The maximum atomic E-state index is 12.0. The van der Waals surface area contributed by atoms with Gasteiger partial charge < -0.3 is 63.1 Å². The van der Waals surface area contributed by atoms with Crippen LogP contribution in [-0.2, 0) is 38.2 Å². The summed E-state index contributed by atoms with van der Waals surface area (Å²) < 4.78 is 43.8. The van der Waals surface area contributed by atoms with Crippen molar-refractivity contribution in [3.05, 3.63) is 341 Å². The van der Waals surface area contributed by atoms with Crippen LogP contribution in [0.4, 0.5) is 0 Å². The van der Waals surface area contributed by atoms with Crippen LogP contribution in [0.2, 0.25) is 0 Å². The number of carbonyl (C=O) groups excluding carboxylic acids is 4.